The van der Waals surface area contributed by atoms with Crippen molar-refractivity contribution in [1.82, 2.24) is 14.1 Å². The monoisotopic (exact) mass is 489 g/mol. The van der Waals surface area contributed by atoms with Crippen molar-refractivity contribution in [3.63, 3.8) is 0 Å². The number of hydrogen-bond donors (Lipinski definition) is 0. The van der Waals surface area contributed by atoms with Gasteiger partial charge < -0.3 is 4.90 Å². The molecule has 0 spiro atoms. The van der Waals surface area contributed by atoms with Gasteiger partial charge in [-0.3, -0.25) is 14.5 Å². The number of halogens is 1. The molecule has 2 aliphatic heterocycles. The van der Waals surface area contributed by atoms with Gasteiger partial charge in [0, 0.05) is 37.7 Å². The SMILES string of the molecule is O=C(c1ccccc1)C1CCN(CC(=O)N2CCN(S(=O)(=O)c3ccccc3Cl)CC2)CC1. The van der Waals surface area contributed by atoms with Crippen LogP contribution in [0.2, 0.25) is 5.02 Å². The first-order valence-corrected chi connectivity index (χ1v) is 13.0. The van der Waals surface area contributed by atoms with E-state index < -0.39 is 10.0 Å². The van der Waals surface area contributed by atoms with Gasteiger partial charge in [0.2, 0.25) is 15.9 Å². The van der Waals surface area contributed by atoms with Crippen LogP contribution in [-0.4, -0.2) is 80.0 Å². The molecule has 7 nitrogen and oxygen atoms in total. The molecule has 2 heterocycles. The van der Waals surface area contributed by atoms with Crippen molar-refractivity contribution in [2.45, 2.75) is 17.7 Å². The van der Waals surface area contributed by atoms with Gasteiger partial charge in [-0.15, -0.1) is 0 Å². The Morgan fingerprint density at radius 3 is 2.09 bits per heavy atom. The number of sulfonamides is 1. The quantitative estimate of drug-likeness (QED) is 0.583. The van der Waals surface area contributed by atoms with Gasteiger partial charge in [-0.2, -0.15) is 4.31 Å². The molecule has 176 valence electrons. The van der Waals surface area contributed by atoms with E-state index in [2.05, 4.69) is 4.90 Å². The van der Waals surface area contributed by atoms with E-state index >= 15 is 0 Å². The second kappa shape index (κ2) is 10.3. The standard InChI is InChI=1S/C24H28ClN3O4S/c25-21-8-4-5-9-22(21)33(31,32)28-16-14-27(15-17-28)23(29)18-26-12-10-20(11-13-26)24(30)19-6-2-1-3-7-19/h1-9,20H,10-18H2. The number of nitrogens with zero attached hydrogens (tertiary/aromatic N) is 3. The number of piperidine rings is 1. The number of hydrogen-bond acceptors (Lipinski definition) is 5. The van der Waals surface area contributed by atoms with E-state index in [0.29, 0.717) is 32.7 Å². The summed E-state index contributed by atoms with van der Waals surface area (Å²) >= 11 is 6.08. The Labute approximate surface area is 200 Å². The van der Waals surface area contributed by atoms with Gasteiger partial charge in [-0.05, 0) is 38.1 Å². The first-order valence-electron chi connectivity index (χ1n) is 11.2. The zero-order valence-corrected chi connectivity index (χ0v) is 20.0. The van der Waals surface area contributed by atoms with E-state index in [1.54, 1.807) is 23.1 Å². The van der Waals surface area contributed by atoms with Gasteiger partial charge in [0.25, 0.3) is 0 Å². The maximum atomic E-state index is 12.9. The number of rotatable bonds is 6. The molecule has 0 radical (unpaired) electrons. The van der Waals surface area contributed by atoms with Crippen molar-refractivity contribution >= 4 is 33.3 Å². The summed E-state index contributed by atoms with van der Waals surface area (Å²) in [4.78, 5) is 29.4. The third-order valence-electron chi connectivity index (χ3n) is 6.42. The van der Waals surface area contributed by atoms with Crippen LogP contribution < -0.4 is 0 Å². The van der Waals surface area contributed by atoms with Crippen LogP contribution in [0.1, 0.15) is 23.2 Å². The molecule has 2 saturated heterocycles. The van der Waals surface area contributed by atoms with Crippen molar-refractivity contribution < 1.29 is 18.0 Å². The minimum Gasteiger partial charge on any atom is -0.339 e. The average Bonchev–Trinajstić information content (AvgIpc) is 2.85. The number of amides is 1. The summed E-state index contributed by atoms with van der Waals surface area (Å²) in [5, 5.41) is 0.199. The predicted molar refractivity (Wildman–Crippen MR) is 127 cm³/mol. The lowest BCUT2D eigenvalue weighted by atomic mass is 9.89. The van der Waals surface area contributed by atoms with Gasteiger partial charge in [-0.25, -0.2) is 8.42 Å². The second-order valence-electron chi connectivity index (χ2n) is 8.50. The largest absolute Gasteiger partial charge is 0.339 e. The Morgan fingerprint density at radius 1 is 0.848 bits per heavy atom. The molecule has 33 heavy (non-hydrogen) atoms. The number of piperazine rings is 1. The van der Waals surface area contributed by atoms with E-state index in [9.17, 15) is 18.0 Å². The summed E-state index contributed by atoms with van der Waals surface area (Å²) < 4.78 is 27.2. The first-order chi connectivity index (χ1) is 15.9. The molecule has 2 fully saturated rings. The highest BCUT2D eigenvalue weighted by Crippen LogP contribution is 2.25. The van der Waals surface area contributed by atoms with Gasteiger partial charge in [-0.1, -0.05) is 54.1 Å². The fourth-order valence-corrected chi connectivity index (χ4v) is 6.37. The van der Waals surface area contributed by atoms with Crippen LogP contribution in [0, 0.1) is 5.92 Å². The van der Waals surface area contributed by atoms with Crippen molar-refractivity contribution in [1.29, 1.82) is 0 Å². The minimum absolute atomic E-state index is 0.00220. The number of benzene rings is 2. The maximum absolute atomic E-state index is 12.9. The minimum atomic E-state index is -3.69. The zero-order chi connectivity index (χ0) is 23.4. The maximum Gasteiger partial charge on any atom is 0.244 e. The highest BCUT2D eigenvalue weighted by molar-refractivity contribution is 7.89. The summed E-state index contributed by atoms with van der Waals surface area (Å²) in [6.07, 6.45) is 1.48. The van der Waals surface area contributed by atoms with Crippen LogP contribution in [-0.2, 0) is 14.8 Å². The van der Waals surface area contributed by atoms with Crippen LogP contribution in [0.4, 0.5) is 0 Å². The first kappa shape index (κ1) is 23.9. The summed E-state index contributed by atoms with van der Waals surface area (Å²) in [7, 11) is -3.69. The Balaban J connectivity index is 1.25. The molecule has 0 aromatic heterocycles. The number of Topliss-reactive ketones (excluding diaryl/α,β-unsaturated/α-hetero) is 1. The molecular formula is C24H28ClN3O4S. The summed E-state index contributed by atoms with van der Waals surface area (Å²) in [6, 6.07) is 15.8. The molecule has 2 aliphatic rings. The smallest absolute Gasteiger partial charge is 0.244 e. The third kappa shape index (κ3) is 5.46. The number of likely N-dealkylation sites (tertiary alicyclic amines) is 1. The van der Waals surface area contributed by atoms with Crippen molar-refractivity contribution in [2.24, 2.45) is 5.92 Å². The Bertz CT molecular complexity index is 1090. The molecule has 9 heteroatoms. The van der Waals surface area contributed by atoms with Crippen LogP contribution >= 0.6 is 11.6 Å². The molecule has 0 saturated carbocycles. The van der Waals surface area contributed by atoms with Crippen LogP contribution in [0.5, 0.6) is 0 Å². The Kier molecular flexibility index (Phi) is 7.48. The highest BCUT2D eigenvalue weighted by Gasteiger charge is 2.32. The van der Waals surface area contributed by atoms with Crippen molar-refractivity contribution in [3.8, 4) is 0 Å². The topological polar surface area (TPSA) is 78.0 Å². The van der Waals surface area contributed by atoms with Crippen molar-refractivity contribution in [3.05, 3.63) is 65.2 Å². The lowest BCUT2D eigenvalue weighted by Gasteiger charge is -2.36. The van der Waals surface area contributed by atoms with Gasteiger partial charge in [0.15, 0.2) is 5.78 Å². The molecule has 2 aromatic rings. The lowest BCUT2D eigenvalue weighted by Crippen LogP contribution is -2.53. The molecular weight excluding hydrogens is 462 g/mol. The van der Waals surface area contributed by atoms with E-state index in [0.717, 1.165) is 18.4 Å². The second-order valence-corrected chi connectivity index (χ2v) is 10.8. The molecule has 4 rings (SSSR count). The fourth-order valence-electron chi connectivity index (χ4n) is 4.45. The van der Waals surface area contributed by atoms with E-state index in [1.165, 1.54) is 10.4 Å². The molecule has 2 aromatic carbocycles. The van der Waals surface area contributed by atoms with Crippen LogP contribution in [0.3, 0.4) is 0 Å². The molecule has 0 atom stereocenters. The molecule has 0 N–H and O–H groups in total. The lowest BCUT2D eigenvalue weighted by molar-refractivity contribution is -0.133. The predicted octanol–water partition coefficient (Wildman–Crippen LogP) is 2.77. The molecule has 0 aliphatic carbocycles. The van der Waals surface area contributed by atoms with Crippen LogP contribution in [0.15, 0.2) is 59.5 Å². The normalized spacial score (nSPS) is 18.9. The van der Waals surface area contributed by atoms with Crippen LogP contribution in [0.25, 0.3) is 0 Å². The Hall–Kier alpha value is -2.26. The molecule has 1 amide bonds. The summed E-state index contributed by atoms with van der Waals surface area (Å²) in [5.41, 5.74) is 0.747. The number of carbonyl (C=O) groups is 2. The zero-order valence-electron chi connectivity index (χ0n) is 18.4. The van der Waals surface area contributed by atoms with Gasteiger partial charge in [0.05, 0.1) is 11.6 Å². The number of carbonyl (C=O) groups excluding carboxylic acids is 2. The summed E-state index contributed by atoms with van der Waals surface area (Å²) in [5.74, 6) is 0.173. The average molecular weight is 490 g/mol. The molecule has 0 bridgehead atoms. The molecule has 0 unspecified atom stereocenters. The number of ketones is 1. The van der Waals surface area contributed by atoms with Crippen molar-refractivity contribution in [2.75, 3.05) is 45.8 Å². The highest BCUT2D eigenvalue weighted by atomic mass is 35.5. The van der Waals surface area contributed by atoms with E-state index in [-0.39, 0.29) is 40.6 Å². The van der Waals surface area contributed by atoms with Gasteiger partial charge >= 0.3 is 0 Å². The summed E-state index contributed by atoms with van der Waals surface area (Å²) in [6.45, 7) is 2.89. The van der Waals surface area contributed by atoms with E-state index in [1.807, 2.05) is 30.3 Å². The fraction of sp³-hybridized carbons (Fsp3) is 0.417. The Morgan fingerprint density at radius 2 is 1.45 bits per heavy atom. The van der Waals surface area contributed by atoms with E-state index in [4.69, 9.17) is 11.6 Å². The third-order valence-corrected chi connectivity index (χ3v) is 8.82. The van der Waals surface area contributed by atoms with Gasteiger partial charge in [0.1, 0.15) is 4.90 Å².